The average molecular weight is 285 g/mol. The Bertz CT molecular complexity index is 285. The van der Waals surface area contributed by atoms with E-state index in [-0.39, 0.29) is 12.0 Å². The Balaban J connectivity index is 2.43. The molecule has 0 bridgehead atoms. The van der Waals surface area contributed by atoms with Crippen molar-refractivity contribution >= 4 is 5.97 Å². The summed E-state index contributed by atoms with van der Waals surface area (Å²) in [4.78, 5) is 12.0. The molecule has 0 heterocycles. The van der Waals surface area contributed by atoms with Crippen molar-refractivity contribution in [1.82, 2.24) is 5.32 Å². The topological polar surface area (TPSA) is 47.6 Å². The van der Waals surface area contributed by atoms with E-state index in [4.69, 9.17) is 9.47 Å². The minimum absolute atomic E-state index is 0.212. The quantitative estimate of drug-likeness (QED) is 0.577. The van der Waals surface area contributed by atoms with E-state index < -0.39 is 5.54 Å². The molecule has 1 fully saturated rings. The van der Waals surface area contributed by atoms with E-state index in [9.17, 15) is 4.79 Å². The Morgan fingerprint density at radius 1 is 1.25 bits per heavy atom. The van der Waals surface area contributed by atoms with Crippen LogP contribution in [0.5, 0.6) is 0 Å². The lowest BCUT2D eigenvalue weighted by molar-refractivity contribution is -0.149. The lowest BCUT2D eigenvalue weighted by atomic mass is 9.97. The Hall–Kier alpha value is -0.610. The molecule has 0 aliphatic heterocycles. The number of esters is 1. The third-order valence-electron chi connectivity index (χ3n) is 4.00. The highest BCUT2D eigenvalue weighted by Gasteiger charge is 2.34. The third kappa shape index (κ3) is 5.80. The molecule has 4 heteroatoms. The molecule has 1 aliphatic rings. The van der Waals surface area contributed by atoms with Gasteiger partial charge in [0.15, 0.2) is 0 Å². The van der Waals surface area contributed by atoms with Gasteiger partial charge >= 0.3 is 5.97 Å². The fourth-order valence-electron chi connectivity index (χ4n) is 2.93. The molecule has 1 atom stereocenters. The van der Waals surface area contributed by atoms with Crippen molar-refractivity contribution in [3.05, 3.63) is 0 Å². The Kier molecular flexibility index (Phi) is 7.52. The van der Waals surface area contributed by atoms with Gasteiger partial charge in [-0.25, -0.2) is 0 Å². The standard InChI is InChI=1S/C16H31NO3/c1-13(2)17-16(3,15(18)19-4)11-12-20-14-9-7-5-6-8-10-14/h13-14,17H,5-12H2,1-4H3. The molecule has 1 N–H and O–H groups in total. The van der Waals surface area contributed by atoms with Gasteiger partial charge in [0, 0.05) is 12.6 Å². The zero-order valence-corrected chi connectivity index (χ0v) is 13.5. The molecular formula is C16H31NO3. The molecule has 0 aromatic carbocycles. The Labute approximate surface area is 123 Å². The number of methoxy groups -OCH3 is 1. The number of nitrogens with one attached hydrogen (secondary N) is 1. The summed E-state index contributed by atoms with van der Waals surface area (Å²) in [6.45, 7) is 6.58. The summed E-state index contributed by atoms with van der Waals surface area (Å²) in [5.41, 5.74) is -0.659. The van der Waals surface area contributed by atoms with Gasteiger partial charge in [0.1, 0.15) is 5.54 Å². The highest BCUT2D eigenvalue weighted by molar-refractivity contribution is 5.80. The van der Waals surface area contributed by atoms with Crippen LogP contribution in [0, 0.1) is 0 Å². The molecule has 118 valence electrons. The normalized spacial score (nSPS) is 20.4. The molecule has 0 saturated heterocycles. The summed E-state index contributed by atoms with van der Waals surface area (Å²) in [6, 6.07) is 0.233. The van der Waals surface area contributed by atoms with Gasteiger partial charge in [0.2, 0.25) is 0 Å². The van der Waals surface area contributed by atoms with Crippen LogP contribution in [0.25, 0.3) is 0 Å². The van der Waals surface area contributed by atoms with Crippen molar-refractivity contribution < 1.29 is 14.3 Å². The molecule has 0 radical (unpaired) electrons. The first kappa shape index (κ1) is 17.4. The van der Waals surface area contributed by atoms with E-state index in [2.05, 4.69) is 5.32 Å². The van der Waals surface area contributed by atoms with Crippen molar-refractivity contribution in [2.45, 2.75) is 83.4 Å². The first-order chi connectivity index (χ1) is 9.48. The Morgan fingerprint density at radius 2 is 1.85 bits per heavy atom. The van der Waals surface area contributed by atoms with Crippen LogP contribution in [-0.4, -0.2) is 37.4 Å². The Morgan fingerprint density at radius 3 is 2.35 bits per heavy atom. The number of hydrogen-bond acceptors (Lipinski definition) is 4. The highest BCUT2D eigenvalue weighted by atomic mass is 16.5. The molecule has 20 heavy (non-hydrogen) atoms. The second-order valence-electron chi connectivity index (χ2n) is 6.36. The zero-order chi connectivity index (χ0) is 15.0. The van der Waals surface area contributed by atoms with Crippen molar-refractivity contribution in [3.63, 3.8) is 0 Å². The summed E-state index contributed by atoms with van der Waals surface area (Å²) in [5, 5.41) is 3.30. The van der Waals surface area contributed by atoms with E-state index >= 15 is 0 Å². The van der Waals surface area contributed by atoms with Gasteiger partial charge in [-0.15, -0.1) is 0 Å². The molecule has 0 aromatic heterocycles. The van der Waals surface area contributed by atoms with Gasteiger partial charge in [0.05, 0.1) is 13.2 Å². The van der Waals surface area contributed by atoms with Crippen molar-refractivity contribution in [2.75, 3.05) is 13.7 Å². The maximum atomic E-state index is 12.0. The number of hydrogen-bond donors (Lipinski definition) is 1. The summed E-state index contributed by atoms with van der Waals surface area (Å²) in [7, 11) is 1.44. The molecule has 1 rings (SSSR count). The predicted octanol–water partition coefficient (Wildman–Crippen LogP) is 3.05. The number of carbonyl (C=O) groups is 1. The monoisotopic (exact) mass is 285 g/mol. The minimum atomic E-state index is -0.659. The smallest absolute Gasteiger partial charge is 0.325 e. The van der Waals surface area contributed by atoms with Crippen LogP contribution >= 0.6 is 0 Å². The average Bonchev–Trinajstić information content (AvgIpc) is 2.65. The van der Waals surface area contributed by atoms with Gasteiger partial charge in [-0.2, -0.15) is 0 Å². The van der Waals surface area contributed by atoms with Crippen LogP contribution in [0.3, 0.4) is 0 Å². The highest BCUT2D eigenvalue weighted by Crippen LogP contribution is 2.21. The third-order valence-corrected chi connectivity index (χ3v) is 4.00. The van der Waals surface area contributed by atoms with Gasteiger partial charge < -0.3 is 9.47 Å². The summed E-state index contributed by atoms with van der Waals surface area (Å²) in [6.07, 6.45) is 8.53. The van der Waals surface area contributed by atoms with Crippen LogP contribution in [0.1, 0.15) is 65.7 Å². The first-order valence-electron chi connectivity index (χ1n) is 7.95. The lowest BCUT2D eigenvalue weighted by Crippen LogP contribution is -2.53. The fourth-order valence-corrected chi connectivity index (χ4v) is 2.93. The van der Waals surface area contributed by atoms with E-state index in [1.807, 2.05) is 20.8 Å². The maximum Gasteiger partial charge on any atom is 0.325 e. The fraction of sp³-hybridized carbons (Fsp3) is 0.938. The molecule has 0 aromatic rings. The SMILES string of the molecule is COC(=O)C(C)(CCOC1CCCCCC1)NC(C)C. The summed E-state index contributed by atoms with van der Waals surface area (Å²) < 4.78 is 10.9. The van der Waals surface area contributed by atoms with Crippen molar-refractivity contribution in [2.24, 2.45) is 0 Å². The van der Waals surface area contributed by atoms with E-state index in [0.29, 0.717) is 19.1 Å². The van der Waals surface area contributed by atoms with Gasteiger partial charge in [-0.05, 0) is 40.0 Å². The van der Waals surface area contributed by atoms with E-state index in [1.54, 1.807) is 0 Å². The van der Waals surface area contributed by atoms with Gasteiger partial charge in [0.25, 0.3) is 0 Å². The first-order valence-corrected chi connectivity index (χ1v) is 7.95. The lowest BCUT2D eigenvalue weighted by Gasteiger charge is -2.30. The number of ether oxygens (including phenoxy) is 2. The van der Waals surface area contributed by atoms with Crippen LogP contribution in [0.4, 0.5) is 0 Å². The molecule has 0 amide bonds. The molecule has 1 unspecified atom stereocenters. The second kappa shape index (κ2) is 8.63. The number of rotatable bonds is 7. The zero-order valence-electron chi connectivity index (χ0n) is 13.5. The molecule has 0 spiro atoms. The maximum absolute atomic E-state index is 12.0. The van der Waals surface area contributed by atoms with Crippen LogP contribution in [-0.2, 0) is 14.3 Å². The summed E-state index contributed by atoms with van der Waals surface area (Å²) >= 11 is 0. The molecule has 1 aliphatic carbocycles. The van der Waals surface area contributed by atoms with Crippen molar-refractivity contribution in [1.29, 1.82) is 0 Å². The van der Waals surface area contributed by atoms with Gasteiger partial charge in [-0.1, -0.05) is 25.7 Å². The van der Waals surface area contributed by atoms with Crippen LogP contribution < -0.4 is 5.32 Å². The molecule has 1 saturated carbocycles. The summed E-state index contributed by atoms with van der Waals surface area (Å²) in [5.74, 6) is -0.212. The second-order valence-corrected chi connectivity index (χ2v) is 6.36. The van der Waals surface area contributed by atoms with E-state index in [0.717, 1.165) is 12.8 Å². The largest absolute Gasteiger partial charge is 0.468 e. The van der Waals surface area contributed by atoms with Crippen LogP contribution in [0.15, 0.2) is 0 Å². The van der Waals surface area contributed by atoms with Gasteiger partial charge in [-0.3, -0.25) is 10.1 Å². The predicted molar refractivity (Wildman–Crippen MR) is 80.8 cm³/mol. The van der Waals surface area contributed by atoms with Crippen molar-refractivity contribution in [3.8, 4) is 0 Å². The number of carbonyl (C=O) groups excluding carboxylic acids is 1. The molecular weight excluding hydrogens is 254 g/mol. The molecule has 4 nitrogen and oxygen atoms in total. The van der Waals surface area contributed by atoms with E-state index in [1.165, 1.54) is 32.8 Å². The minimum Gasteiger partial charge on any atom is -0.468 e. The van der Waals surface area contributed by atoms with Crippen LogP contribution in [0.2, 0.25) is 0 Å².